The number of nitrogens with zero attached hydrogens (tertiary/aromatic N) is 1. The van der Waals surface area contributed by atoms with Crippen LogP contribution in [0.1, 0.15) is 24.4 Å². The molecule has 0 saturated carbocycles. The van der Waals surface area contributed by atoms with Gasteiger partial charge in [0, 0.05) is 25.1 Å². The van der Waals surface area contributed by atoms with Gasteiger partial charge in [-0.3, -0.25) is 9.59 Å². The second kappa shape index (κ2) is 6.60. The summed E-state index contributed by atoms with van der Waals surface area (Å²) in [6.07, 6.45) is 0.891. The van der Waals surface area contributed by atoms with E-state index in [1.807, 2.05) is 12.1 Å². The lowest BCUT2D eigenvalue weighted by Gasteiger charge is -2.37. The number of carbonyl (C=O) groups is 2. The average molecular weight is 313 g/mol. The molecule has 1 atom stereocenters. The second-order valence-electron chi connectivity index (χ2n) is 5.46. The number of hydrogen-bond donors (Lipinski definition) is 0. The smallest absolute Gasteiger partial charge is 0.298 e. The van der Waals surface area contributed by atoms with E-state index < -0.39 is 0 Å². The van der Waals surface area contributed by atoms with E-state index in [9.17, 15) is 14.0 Å². The summed E-state index contributed by atoms with van der Waals surface area (Å²) in [6.45, 7) is 0.991. The highest BCUT2D eigenvalue weighted by atomic mass is 19.1. The van der Waals surface area contributed by atoms with E-state index in [-0.39, 0.29) is 17.6 Å². The van der Waals surface area contributed by atoms with Crippen molar-refractivity contribution in [2.75, 3.05) is 11.4 Å². The van der Waals surface area contributed by atoms with Crippen LogP contribution in [-0.4, -0.2) is 18.8 Å². The number of piperidine rings is 1. The molecule has 1 saturated heterocycles. The van der Waals surface area contributed by atoms with Crippen LogP contribution in [0.4, 0.5) is 10.1 Å². The van der Waals surface area contributed by atoms with Crippen LogP contribution in [0.25, 0.3) is 0 Å². The molecule has 2 aromatic carbocycles. The van der Waals surface area contributed by atoms with E-state index >= 15 is 0 Å². The van der Waals surface area contributed by atoms with Gasteiger partial charge in [0.1, 0.15) is 17.3 Å². The number of halogens is 1. The third-order valence-electron chi connectivity index (χ3n) is 4.04. The van der Waals surface area contributed by atoms with Gasteiger partial charge in [-0.15, -0.1) is 0 Å². The molecule has 0 N–H and O–H groups in total. The quantitative estimate of drug-likeness (QED) is 0.813. The highest BCUT2D eigenvalue weighted by molar-refractivity contribution is 5.82. The van der Waals surface area contributed by atoms with Gasteiger partial charge in [-0.1, -0.05) is 12.1 Å². The molecule has 3 rings (SSSR count). The van der Waals surface area contributed by atoms with Crippen molar-refractivity contribution < 1.29 is 18.7 Å². The molecule has 0 bridgehead atoms. The van der Waals surface area contributed by atoms with Gasteiger partial charge in [-0.25, -0.2) is 4.39 Å². The maximum atomic E-state index is 13.1. The van der Waals surface area contributed by atoms with Crippen LogP contribution in [0.15, 0.2) is 48.5 Å². The Balaban J connectivity index is 1.89. The highest BCUT2D eigenvalue weighted by Gasteiger charge is 2.28. The molecule has 0 spiro atoms. The molecular formula is C18H16FNO3. The molecule has 5 heteroatoms. The SMILES string of the molecule is O=COc1ccc(N2CCC(=O)CC2c2ccc(F)cc2)cc1. The van der Waals surface area contributed by atoms with Crippen molar-refractivity contribution in [3.8, 4) is 5.75 Å². The zero-order chi connectivity index (χ0) is 16.2. The minimum atomic E-state index is -0.294. The van der Waals surface area contributed by atoms with Crippen molar-refractivity contribution in [2.45, 2.75) is 18.9 Å². The van der Waals surface area contributed by atoms with Crippen LogP contribution >= 0.6 is 0 Å². The Labute approximate surface area is 133 Å². The van der Waals surface area contributed by atoms with E-state index in [1.165, 1.54) is 12.1 Å². The summed E-state index contributed by atoms with van der Waals surface area (Å²) in [5.41, 5.74) is 1.85. The van der Waals surface area contributed by atoms with E-state index in [0.29, 0.717) is 31.6 Å². The first-order chi connectivity index (χ1) is 11.2. The van der Waals surface area contributed by atoms with Gasteiger partial charge in [0.2, 0.25) is 0 Å². The molecule has 118 valence electrons. The van der Waals surface area contributed by atoms with Gasteiger partial charge in [0.15, 0.2) is 0 Å². The number of anilines is 1. The van der Waals surface area contributed by atoms with Crippen molar-refractivity contribution >= 4 is 17.9 Å². The summed E-state index contributed by atoms with van der Waals surface area (Å²) < 4.78 is 17.9. The topological polar surface area (TPSA) is 46.6 Å². The third kappa shape index (κ3) is 3.39. The fourth-order valence-corrected chi connectivity index (χ4v) is 2.89. The summed E-state index contributed by atoms with van der Waals surface area (Å²) in [7, 11) is 0. The Morgan fingerprint density at radius 3 is 2.43 bits per heavy atom. The minimum absolute atomic E-state index is 0.116. The first-order valence-corrected chi connectivity index (χ1v) is 7.41. The van der Waals surface area contributed by atoms with Crippen molar-refractivity contribution in [1.82, 2.24) is 0 Å². The molecule has 1 fully saturated rings. The Morgan fingerprint density at radius 1 is 1.09 bits per heavy atom. The standard InChI is InChI=1S/C18H16FNO3/c19-14-3-1-13(2-4-14)18-11-16(22)9-10-20(18)15-5-7-17(8-6-15)23-12-21/h1-8,12,18H,9-11H2. The fraction of sp³-hybridized carbons (Fsp3) is 0.222. The lowest BCUT2D eigenvalue weighted by atomic mass is 9.93. The number of ether oxygens (including phenoxy) is 1. The van der Waals surface area contributed by atoms with Crippen molar-refractivity contribution in [2.24, 2.45) is 0 Å². The minimum Gasteiger partial charge on any atom is -0.429 e. The fourth-order valence-electron chi connectivity index (χ4n) is 2.89. The predicted molar refractivity (Wildman–Crippen MR) is 83.9 cm³/mol. The van der Waals surface area contributed by atoms with Crippen LogP contribution in [-0.2, 0) is 9.59 Å². The summed E-state index contributed by atoms with van der Waals surface area (Å²) in [5, 5.41) is 0. The van der Waals surface area contributed by atoms with Crippen molar-refractivity contribution in [1.29, 1.82) is 0 Å². The molecule has 0 aromatic heterocycles. The summed E-state index contributed by atoms with van der Waals surface area (Å²) >= 11 is 0. The Kier molecular flexibility index (Phi) is 4.37. The van der Waals surface area contributed by atoms with E-state index in [0.717, 1.165) is 11.3 Å². The lowest BCUT2D eigenvalue weighted by molar-refractivity contribution is -0.121. The molecule has 1 aliphatic rings. The van der Waals surface area contributed by atoms with Crippen LogP contribution in [0.3, 0.4) is 0 Å². The normalized spacial score (nSPS) is 17.9. The summed E-state index contributed by atoms with van der Waals surface area (Å²) in [4.78, 5) is 24.4. The Hall–Kier alpha value is -2.69. The summed E-state index contributed by atoms with van der Waals surface area (Å²) in [5.74, 6) is 0.379. The molecule has 23 heavy (non-hydrogen) atoms. The largest absolute Gasteiger partial charge is 0.429 e. The average Bonchev–Trinajstić information content (AvgIpc) is 2.57. The van der Waals surface area contributed by atoms with E-state index in [1.54, 1.807) is 24.3 Å². The van der Waals surface area contributed by atoms with Gasteiger partial charge in [-0.05, 0) is 42.0 Å². The van der Waals surface area contributed by atoms with Gasteiger partial charge >= 0.3 is 0 Å². The van der Waals surface area contributed by atoms with Gasteiger partial charge in [0.25, 0.3) is 6.47 Å². The molecule has 0 radical (unpaired) electrons. The zero-order valence-electron chi connectivity index (χ0n) is 12.4. The molecule has 4 nitrogen and oxygen atoms in total. The monoisotopic (exact) mass is 313 g/mol. The number of hydrogen-bond acceptors (Lipinski definition) is 4. The molecule has 1 aliphatic heterocycles. The zero-order valence-corrected chi connectivity index (χ0v) is 12.4. The van der Waals surface area contributed by atoms with Crippen molar-refractivity contribution in [3.05, 3.63) is 59.9 Å². The first kappa shape index (κ1) is 15.2. The van der Waals surface area contributed by atoms with Crippen LogP contribution in [0.5, 0.6) is 5.75 Å². The third-order valence-corrected chi connectivity index (χ3v) is 4.04. The number of Topliss-reactive ketones (excluding diaryl/α,β-unsaturated/α-hetero) is 1. The van der Waals surface area contributed by atoms with E-state index in [2.05, 4.69) is 4.90 Å². The lowest BCUT2D eigenvalue weighted by Crippen LogP contribution is -2.37. The number of rotatable bonds is 4. The highest BCUT2D eigenvalue weighted by Crippen LogP contribution is 2.34. The van der Waals surface area contributed by atoms with Crippen LogP contribution in [0.2, 0.25) is 0 Å². The molecule has 0 amide bonds. The van der Waals surface area contributed by atoms with Gasteiger partial charge in [0.05, 0.1) is 6.04 Å². The maximum Gasteiger partial charge on any atom is 0.298 e. The predicted octanol–water partition coefficient (Wildman–Crippen LogP) is 3.27. The van der Waals surface area contributed by atoms with Crippen LogP contribution < -0.4 is 9.64 Å². The number of ketones is 1. The summed E-state index contributed by atoms with van der Waals surface area (Å²) in [6, 6.07) is 13.3. The molecule has 0 aliphatic carbocycles. The second-order valence-corrected chi connectivity index (χ2v) is 5.46. The van der Waals surface area contributed by atoms with Gasteiger partial charge < -0.3 is 9.64 Å². The molecular weight excluding hydrogens is 297 g/mol. The Bertz CT molecular complexity index is 697. The number of benzene rings is 2. The Morgan fingerprint density at radius 2 is 1.78 bits per heavy atom. The van der Waals surface area contributed by atoms with Crippen LogP contribution in [0, 0.1) is 5.82 Å². The molecule has 2 aromatic rings. The van der Waals surface area contributed by atoms with E-state index in [4.69, 9.17) is 4.74 Å². The maximum absolute atomic E-state index is 13.1. The van der Waals surface area contributed by atoms with Crippen molar-refractivity contribution in [3.63, 3.8) is 0 Å². The van der Waals surface area contributed by atoms with Gasteiger partial charge in [-0.2, -0.15) is 0 Å². The number of carbonyl (C=O) groups excluding carboxylic acids is 2. The molecule has 1 unspecified atom stereocenters. The first-order valence-electron chi connectivity index (χ1n) is 7.41. The molecule has 1 heterocycles.